The van der Waals surface area contributed by atoms with Crippen LogP contribution in [0.5, 0.6) is 0 Å². The smallest absolute Gasteiger partial charge is 0.256 e. The zero-order valence-corrected chi connectivity index (χ0v) is 19.1. The van der Waals surface area contributed by atoms with Crippen LogP contribution in [-0.4, -0.2) is 44.3 Å². The van der Waals surface area contributed by atoms with Crippen LogP contribution >= 0.6 is 11.6 Å². The van der Waals surface area contributed by atoms with Crippen molar-refractivity contribution in [1.29, 1.82) is 0 Å². The van der Waals surface area contributed by atoms with Crippen molar-refractivity contribution in [3.05, 3.63) is 58.6 Å². The molecule has 0 radical (unpaired) electrons. The minimum Gasteiger partial charge on any atom is -0.339 e. The van der Waals surface area contributed by atoms with Crippen molar-refractivity contribution in [2.75, 3.05) is 18.4 Å². The summed E-state index contributed by atoms with van der Waals surface area (Å²) in [4.78, 5) is 27.4. The molecular weight excluding hydrogens is 438 g/mol. The van der Waals surface area contributed by atoms with Gasteiger partial charge in [-0.15, -0.1) is 0 Å². The van der Waals surface area contributed by atoms with Gasteiger partial charge in [-0.05, 0) is 68.7 Å². The first kappa shape index (κ1) is 23.2. The highest BCUT2D eigenvalue weighted by atomic mass is 35.5. The van der Waals surface area contributed by atoms with Gasteiger partial charge >= 0.3 is 0 Å². The maximum absolute atomic E-state index is 12.8. The summed E-state index contributed by atoms with van der Waals surface area (Å²) < 4.78 is 27.3. The fourth-order valence-electron chi connectivity index (χ4n) is 3.29. The van der Waals surface area contributed by atoms with Gasteiger partial charge in [0.1, 0.15) is 0 Å². The Hall–Kier alpha value is -2.42. The summed E-state index contributed by atoms with van der Waals surface area (Å²) >= 11 is 6.08. The molecule has 7 nitrogen and oxygen atoms in total. The van der Waals surface area contributed by atoms with Crippen molar-refractivity contribution in [3.63, 3.8) is 0 Å². The van der Waals surface area contributed by atoms with Crippen LogP contribution in [0.1, 0.15) is 53.8 Å². The molecule has 1 aliphatic rings. The van der Waals surface area contributed by atoms with E-state index in [-0.39, 0.29) is 22.4 Å². The molecule has 2 amide bonds. The molecule has 1 heterocycles. The fourth-order valence-corrected chi connectivity index (χ4v) is 4.79. The third-order valence-electron chi connectivity index (χ3n) is 5.25. The quantitative estimate of drug-likeness (QED) is 0.650. The van der Waals surface area contributed by atoms with Gasteiger partial charge in [0.15, 0.2) is 0 Å². The monoisotopic (exact) mass is 463 g/mol. The van der Waals surface area contributed by atoms with Crippen molar-refractivity contribution in [2.45, 2.75) is 44.0 Å². The Morgan fingerprint density at radius 2 is 1.74 bits per heavy atom. The van der Waals surface area contributed by atoms with E-state index in [4.69, 9.17) is 11.6 Å². The molecule has 1 atom stereocenters. The number of carbonyl (C=O) groups excluding carboxylic acids is 2. The third kappa shape index (κ3) is 5.64. The standard InChI is InChI=1S/C22H26ClN3O4S/c1-3-15(2)25-31(29,30)18-9-6-16(7-10-18)21(27)24-20-11-8-17(23)14-19(20)22(28)26-12-4-5-13-26/h6-11,14-15,25H,3-5,12-13H2,1-2H3,(H,24,27). The Morgan fingerprint density at radius 3 is 2.35 bits per heavy atom. The molecule has 166 valence electrons. The van der Waals surface area contributed by atoms with Crippen LogP contribution in [-0.2, 0) is 10.0 Å². The minimum atomic E-state index is -3.65. The molecule has 0 aliphatic carbocycles. The van der Waals surface area contributed by atoms with Crippen LogP contribution < -0.4 is 10.0 Å². The number of hydrogen-bond acceptors (Lipinski definition) is 4. The number of carbonyl (C=O) groups is 2. The topological polar surface area (TPSA) is 95.6 Å². The number of anilines is 1. The lowest BCUT2D eigenvalue weighted by atomic mass is 10.1. The molecule has 0 aromatic heterocycles. The first-order valence-electron chi connectivity index (χ1n) is 10.2. The van der Waals surface area contributed by atoms with E-state index < -0.39 is 15.9 Å². The Morgan fingerprint density at radius 1 is 1.10 bits per heavy atom. The van der Waals surface area contributed by atoms with Crippen molar-refractivity contribution in [2.24, 2.45) is 0 Å². The fraction of sp³-hybridized carbons (Fsp3) is 0.364. The van der Waals surface area contributed by atoms with Crippen LogP contribution in [0.3, 0.4) is 0 Å². The number of amides is 2. The summed E-state index contributed by atoms with van der Waals surface area (Å²) in [5, 5.41) is 3.15. The van der Waals surface area contributed by atoms with E-state index in [0.717, 1.165) is 12.8 Å². The molecule has 0 spiro atoms. The molecular formula is C22H26ClN3O4S. The number of nitrogens with zero attached hydrogens (tertiary/aromatic N) is 1. The lowest BCUT2D eigenvalue weighted by Gasteiger charge is -2.18. The van der Waals surface area contributed by atoms with E-state index in [1.54, 1.807) is 30.0 Å². The van der Waals surface area contributed by atoms with E-state index in [9.17, 15) is 18.0 Å². The van der Waals surface area contributed by atoms with Crippen molar-refractivity contribution >= 4 is 39.1 Å². The van der Waals surface area contributed by atoms with Crippen molar-refractivity contribution in [3.8, 4) is 0 Å². The normalized spacial score (nSPS) is 15.0. The molecule has 9 heteroatoms. The van der Waals surface area contributed by atoms with Gasteiger partial charge < -0.3 is 10.2 Å². The van der Waals surface area contributed by atoms with Gasteiger partial charge in [0, 0.05) is 29.7 Å². The zero-order chi connectivity index (χ0) is 22.6. The molecule has 2 aromatic rings. The van der Waals surface area contributed by atoms with Crippen molar-refractivity contribution < 1.29 is 18.0 Å². The minimum absolute atomic E-state index is 0.0840. The van der Waals surface area contributed by atoms with Gasteiger partial charge in [0.05, 0.1) is 16.1 Å². The molecule has 2 aromatic carbocycles. The van der Waals surface area contributed by atoms with Crippen LogP contribution in [0.2, 0.25) is 5.02 Å². The second kappa shape index (κ2) is 9.80. The van der Waals surface area contributed by atoms with Crippen LogP contribution in [0, 0.1) is 0 Å². The Kier molecular flexibility index (Phi) is 7.35. The highest BCUT2D eigenvalue weighted by Gasteiger charge is 2.23. The molecule has 0 bridgehead atoms. The molecule has 1 fully saturated rings. The van der Waals surface area contributed by atoms with Gasteiger partial charge in [0.25, 0.3) is 11.8 Å². The molecule has 2 N–H and O–H groups in total. The Labute approximate surface area is 187 Å². The zero-order valence-electron chi connectivity index (χ0n) is 17.5. The highest BCUT2D eigenvalue weighted by Crippen LogP contribution is 2.25. The van der Waals surface area contributed by atoms with Crippen LogP contribution in [0.4, 0.5) is 5.69 Å². The summed E-state index contributed by atoms with van der Waals surface area (Å²) in [6.45, 7) is 5.03. The molecule has 31 heavy (non-hydrogen) atoms. The van der Waals surface area contributed by atoms with Gasteiger partial charge in [-0.3, -0.25) is 9.59 Å². The number of halogens is 1. The largest absolute Gasteiger partial charge is 0.339 e. The lowest BCUT2D eigenvalue weighted by Crippen LogP contribution is -2.32. The highest BCUT2D eigenvalue weighted by molar-refractivity contribution is 7.89. The summed E-state index contributed by atoms with van der Waals surface area (Å²) in [5.74, 6) is -0.621. The predicted molar refractivity (Wildman–Crippen MR) is 121 cm³/mol. The average molecular weight is 464 g/mol. The first-order valence-corrected chi connectivity index (χ1v) is 12.1. The summed E-state index contributed by atoms with van der Waals surface area (Å²) in [6.07, 6.45) is 2.57. The van der Waals surface area contributed by atoms with E-state index in [2.05, 4.69) is 10.0 Å². The van der Waals surface area contributed by atoms with E-state index in [1.165, 1.54) is 24.3 Å². The SMILES string of the molecule is CCC(C)NS(=O)(=O)c1ccc(C(=O)Nc2ccc(Cl)cc2C(=O)N2CCCC2)cc1. The van der Waals surface area contributed by atoms with E-state index in [0.29, 0.717) is 35.8 Å². The van der Waals surface area contributed by atoms with Crippen LogP contribution in [0.25, 0.3) is 0 Å². The number of likely N-dealkylation sites (tertiary alicyclic amines) is 1. The number of benzene rings is 2. The maximum atomic E-state index is 12.8. The van der Waals surface area contributed by atoms with Crippen LogP contribution in [0.15, 0.2) is 47.4 Å². The molecule has 1 aliphatic heterocycles. The molecule has 0 saturated carbocycles. The summed E-state index contributed by atoms with van der Waals surface area (Å²) in [7, 11) is -3.65. The van der Waals surface area contributed by atoms with Gasteiger partial charge in [0.2, 0.25) is 10.0 Å². The van der Waals surface area contributed by atoms with Gasteiger partial charge in [-0.2, -0.15) is 0 Å². The second-order valence-corrected chi connectivity index (χ2v) is 9.75. The number of nitrogens with one attached hydrogen (secondary N) is 2. The first-order chi connectivity index (χ1) is 14.7. The van der Waals surface area contributed by atoms with Gasteiger partial charge in [-0.25, -0.2) is 13.1 Å². The number of rotatable bonds is 7. The third-order valence-corrected chi connectivity index (χ3v) is 7.09. The number of hydrogen-bond donors (Lipinski definition) is 2. The molecule has 3 rings (SSSR count). The molecule has 1 saturated heterocycles. The predicted octanol–water partition coefficient (Wildman–Crippen LogP) is 3.91. The van der Waals surface area contributed by atoms with E-state index in [1.807, 2.05) is 6.92 Å². The van der Waals surface area contributed by atoms with Gasteiger partial charge in [-0.1, -0.05) is 18.5 Å². The number of sulfonamides is 1. The summed E-state index contributed by atoms with van der Waals surface area (Å²) in [6, 6.07) is 10.2. The second-order valence-electron chi connectivity index (χ2n) is 7.60. The molecule has 1 unspecified atom stereocenters. The van der Waals surface area contributed by atoms with Crippen molar-refractivity contribution in [1.82, 2.24) is 9.62 Å². The average Bonchev–Trinajstić information content (AvgIpc) is 3.29. The summed E-state index contributed by atoms with van der Waals surface area (Å²) in [5.41, 5.74) is 0.971. The Balaban J connectivity index is 1.78. The maximum Gasteiger partial charge on any atom is 0.256 e. The lowest BCUT2D eigenvalue weighted by molar-refractivity contribution is 0.0794. The van der Waals surface area contributed by atoms with E-state index >= 15 is 0 Å². The Bertz CT molecular complexity index is 1060.